The van der Waals surface area contributed by atoms with Crippen LogP contribution < -0.4 is 38.5 Å². The van der Waals surface area contributed by atoms with Crippen molar-refractivity contribution in [3.05, 3.63) is 0 Å². The van der Waals surface area contributed by atoms with Crippen LogP contribution in [0.25, 0.3) is 0 Å². The summed E-state index contributed by atoms with van der Waals surface area (Å²) in [5.41, 5.74) is 15.0. The number of nitrogens with one attached hydrogen (secondary N) is 4. The number of nitrogens with two attached hydrogens (primary N) is 3. The van der Waals surface area contributed by atoms with Crippen molar-refractivity contribution in [2.45, 2.75) is 31.0 Å². The topological polar surface area (TPSA) is 305 Å². The van der Waals surface area contributed by atoms with Gasteiger partial charge in [-0.05, 0) is 0 Å². The molecule has 0 spiro atoms. The Morgan fingerprint density at radius 1 is 0.750 bits per heavy atom. The second-order valence-corrected chi connectivity index (χ2v) is 7.05. The normalized spacial score (nSPS) is 12.9. The molecule has 18 nitrogen and oxygen atoms in total. The summed E-state index contributed by atoms with van der Waals surface area (Å²) in [4.78, 5) is 79.9. The lowest BCUT2D eigenvalue weighted by Gasteiger charge is -2.19. The van der Waals surface area contributed by atoms with Crippen LogP contribution in [0.4, 0.5) is 4.79 Å². The van der Waals surface area contributed by atoms with E-state index in [9.17, 15) is 33.6 Å². The van der Waals surface area contributed by atoms with E-state index in [1.807, 2.05) is 5.32 Å². The van der Waals surface area contributed by atoms with Crippen LogP contribution in [0.15, 0.2) is 0 Å². The van der Waals surface area contributed by atoms with Gasteiger partial charge in [0, 0.05) is 6.54 Å². The van der Waals surface area contributed by atoms with Gasteiger partial charge in [0.05, 0.1) is 39.3 Å². The zero-order valence-corrected chi connectivity index (χ0v) is 19.2. The van der Waals surface area contributed by atoms with E-state index >= 15 is 0 Å². The first-order valence-electron chi connectivity index (χ1n) is 10.4. The number of carboxylic acids is 1. The van der Waals surface area contributed by atoms with Crippen LogP contribution in [0.5, 0.6) is 0 Å². The van der Waals surface area contributed by atoms with Crippen LogP contribution in [0, 0.1) is 0 Å². The molecule has 0 aliphatic rings. The van der Waals surface area contributed by atoms with Crippen molar-refractivity contribution in [1.29, 1.82) is 0 Å². The van der Waals surface area contributed by atoms with Crippen LogP contribution in [-0.4, -0.2) is 109 Å². The van der Waals surface area contributed by atoms with Crippen molar-refractivity contribution in [2.75, 3.05) is 39.6 Å². The molecule has 18 heteroatoms. The first kappa shape index (κ1) is 32.0. The molecular formula is C18H31N7O11. The minimum Gasteiger partial charge on any atom is -0.481 e. The number of hydrogen-bond donors (Lipinski definition) is 9. The fraction of sp³-hybridized carbons (Fsp3) is 0.611. The van der Waals surface area contributed by atoms with Gasteiger partial charge in [-0.3, -0.25) is 28.8 Å². The third-order valence-electron chi connectivity index (χ3n) is 4.07. The molecule has 0 heterocycles. The molecule has 204 valence electrons. The third kappa shape index (κ3) is 15.0. The number of hydrogen-bond acceptors (Lipinski definition) is 10. The molecule has 0 rings (SSSR count). The number of aliphatic hydroxyl groups is 1. The van der Waals surface area contributed by atoms with Gasteiger partial charge in [0.2, 0.25) is 29.5 Å². The maximum atomic E-state index is 12.2. The lowest BCUT2D eigenvalue weighted by atomic mass is 10.2. The van der Waals surface area contributed by atoms with Crippen LogP contribution in [0.2, 0.25) is 0 Å². The molecule has 0 radical (unpaired) electrons. The van der Waals surface area contributed by atoms with E-state index in [0.717, 1.165) is 0 Å². The molecule has 0 aromatic carbocycles. The molecule has 0 aliphatic heterocycles. The zero-order valence-electron chi connectivity index (χ0n) is 19.2. The molecular weight excluding hydrogens is 490 g/mol. The van der Waals surface area contributed by atoms with Crippen LogP contribution >= 0.6 is 0 Å². The molecule has 36 heavy (non-hydrogen) atoms. The molecule has 0 fully saturated rings. The summed E-state index contributed by atoms with van der Waals surface area (Å²) in [5.74, 6) is -5.86. The number of ether oxygens (including phenoxy) is 2. The number of amides is 7. The summed E-state index contributed by atoms with van der Waals surface area (Å²) in [6, 6.07) is -5.35. The highest BCUT2D eigenvalue weighted by atomic mass is 16.5. The van der Waals surface area contributed by atoms with Crippen LogP contribution in [0.1, 0.15) is 12.8 Å². The van der Waals surface area contributed by atoms with Gasteiger partial charge in [0.15, 0.2) is 0 Å². The number of carbonyl (C=O) groups excluding carboxylic acids is 6. The van der Waals surface area contributed by atoms with E-state index in [1.54, 1.807) is 0 Å². The predicted octanol–water partition coefficient (Wildman–Crippen LogP) is -6.03. The summed E-state index contributed by atoms with van der Waals surface area (Å²) in [5, 5.41) is 26.4. The number of urea groups is 1. The number of aliphatic carboxylic acids is 1. The lowest BCUT2D eigenvalue weighted by molar-refractivity contribution is -0.139. The van der Waals surface area contributed by atoms with Gasteiger partial charge in [0.1, 0.15) is 24.7 Å². The van der Waals surface area contributed by atoms with Crippen molar-refractivity contribution in [3.63, 3.8) is 0 Å². The minimum atomic E-state index is -1.53. The largest absolute Gasteiger partial charge is 0.481 e. The molecule has 0 aromatic rings. The quantitative estimate of drug-likeness (QED) is 0.0720. The number of carbonyl (C=O) groups is 7. The highest BCUT2D eigenvalue weighted by molar-refractivity contribution is 5.93. The van der Waals surface area contributed by atoms with E-state index in [4.69, 9.17) is 36.9 Å². The molecule has 3 atom stereocenters. The van der Waals surface area contributed by atoms with E-state index in [1.165, 1.54) is 0 Å². The van der Waals surface area contributed by atoms with E-state index < -0.39 is 85.7 Å². The maximum absolute atomic E-state index is 12.2. The Balaban J connectivity index is 4.36. The molecule has 0 bridgehead atoms. The Morgan fingerprint density at radius 3 is 1.86 bits per heavy atom. The summed E-state index contributed by atoms with van der Waals surface area (Å²) >= 11 is 0. The van der Waals surface area contributed by atoms with Crippen molar-refractivity contribution >= 4 is 41.5 Å². The van der Waals surface area contributed by atoms with Gasteiger partial charge in [-0.2, -0.15) is 0 Å². The monoisotopic (exact) mass is 521 g/mol. The van der Waals surface area contributed by atoms with E-state index in [-0.39, 0.29) is 26.4 Å². The first-order chi connectivity index (χ1) is 16.9. The highest BCUT2D eigenvalue weighted by Crippen LogP contribution is 1.96. The second-order valence-electron chi connectivity index (χ2n) is 7.05. The first-order valence-corrected chi connectivity index (χ1v) is 10.4. The van der Waals surface area contributed by atoms with Gasteiger partial charge in [-0.15, -0.1) is 0 Å². The average Bonchev–Trinajstić information content (AvgIpc) is 2.77. The summed E-state index contributed by atoms with van der Waals surface area (Å²) in [6.07, 6.45) is -1.39. The smallest absolute Gasteiger partial charge is 0.316 e. The Bertz CT molecular complexity index is 808. The lowest BCUT2D eigenvalue weighted by Crippen LogP contribution is -2.55. The Kier molecular flexibility index (Phi) is 15.5. The molecule has 0 saturated carbocycles. The number of carboxylic acid groups (broad SMARTS) is 1. The van der Waals surface area contributed by atoms with Crippen molar-refractivity contribution in [1.82, 2.24) is 21.3 Å². The summed E-state index contributed by atoms with van der Waals surface area (Å²) < 4.78 is 10.2. The van der Waals surface area contributed by atoms with Gasteiger partial charge < -0.3 is 58.2 Å². The van der Waals surface area contributed by atoms with Gasteiger partial charge in [0.25, 0.3) is 0 Å². The van der Waals surface area contributed by atoms with Crippen molar-refractivity contribution in [3.8, 4) is 0 Å². The highest BCUT2D eigenvalue weighted by Gasteiger charge is 2.26. The van der Waals surface area contributed by atoms with Crippen LogP contribution in [0.3, 0.4) is 0 Å². The Hall–Kier alpha value is -4.03. The zero-order chi connectivity index (χ0) is 27.7. The van der Waals surface area contributed by atoms with Gasteiger partial charge >= 0.3 is 12.0 Å². The number of rotatable bonds is 19. The molecule has 0 aromatic heterocycles. The minimum absolute atomic E-state index is 0.00990. The molecule has 12 N–H and O–H groups in total. The molecule has 0 unspecified atom stereocenters. The Labute approximate surface area is 204 Å². The average molecular weight is 521 g/mol. The molecule has 7 amide bonds. The van der Waals surface area contributed by atoms with E-state index in [0.29, 0.717) is 0 Å². The Morgan fingerprint density at radius 2 is 1.33 bits per heavy atom. The number of aliphatic hydroxyl groups excluding tert-OH is 1. The van der Waals surface area contributed by atoms with Crippen molar-refractivity contribution < 1.29 is 53.2 Å². The molecule has 0 saturated heterocycles. The van der Waals surface area contributed by atoms with Gasteiger partial charge in [-0.25, -0.2) is 4.79 Å². The SMILES string of the molecule is NC(=O)C[C@H](NC(=O)N[C@H](CC(=O)O)C(=O)NCCOCCOCC(=O)N[C@@H](CO)C(N)=O)C(N)=O. The fourth-order valence-corrected chi connectivity index (χ4v) is 2.36. The standard InChI is InChI=1S/C18H31N7O11/c19-12(27)5-9(15(20)31)24-18(34)25-10(6-14(29)30)17(33)22-1-2-35-3-4-36-8-13(28)23-11(7-26)16(21)32/h9-11,26H,1-8H2,(H2,19,27)(H2,20,31)(H2,21,32)(H,22,33)(H,23,28)(H,29,30)(H2,24,25,34)/t9-,10+,11-/m0/s1. The van der Waals surface area contributed by atoms with Crippen LogP contribution in [-0.2, 0) is 38.2 Å². The predicted molar refractivity (Wildman–Crippen MR) is 117 cm³/mol. The molecule has 0 aliphatic carbocycles. The van der Waals surface area contributed by atoms with E-state index in [2.05, 4.69) is 16.0 Å². The van der Waals surface area contributed by atoms with Gasteiger partial charge in [-0.1, -0.05) is 0 Å². The summed E-state index contributed by atoms with van der Waals surface area (Å²) in [7, 11) is 0. The van der Waals surface area contributed by atoms with Crippen molar-refractivity contribution in [2.24, 2.45) is 17.2 Å². The maximum Gasteiger partial charge on any atom is 0.316 e. The summed E-state index contributed by atoms with van der Waals surface area (Å²) in [6.45, 7) is -1.23. The second kappa shape index (κ2) is 17.4. The number of primary amides is 3. The third-order valence-corrected chi connectivity index (χ3v) is 4.07. The fourth-order valence-electron chi connectivity index (χ4n) is 2.36.